The molecule has 0 saturated heterocycles. The first-order chi connectivity index (χ1) is 21.9. The summed E-state index contributed by atoms with van der Waals surface area (Å²) in [5.41, 5.74) is 1.15. The zero-order valence-electron chi connectivity index (χ0n) is 24.2. The number of sulfonamides is 2. The fourth-order valence-corrected chi connectivity index (χ4v) is 7.64. The van der Waals surface area contributed by atoms with Gasteiger partial charge in [-0.3, -0.25) is 14.4 Å². The molecule has 0 aliphatic heterocycles. The summed E-state index contributed by atoms with van der Waals surface area (Å²) in [5, 5.41) is -4.08. The quantitative estimate of drug-likeness (QED) is 0.132. The van der Waals surface area contributed by atoms with Crippen LogP contribution < -0.4 is 9.44 Å². The molecular formula is C33H30Cl2N2O7S2. The van der Waals surface area contributed by atoms with Crippen molar-refractivity contribution in [2.45, 2.75) is 45.5 Å². The van der Waals surface area contributed by atoms with Gasteiger partial charge in [0.05, 0.1) is 21.9 Å². The van der Waals surface area contributed by atoms with E-state index in [9.17, 15) is 31.2 Å². The van der Waals surface area contributed by atoms with E-state index in [1.165, 1.54) is 48.5 Å². The number of carbonyl (C=O) groups is 3. The van der Waals surface area contributed by atoms with Crippen LogP contribution >= 0.6 is 23.2 Å². The van der Waals surface area contributed by atoms with Crippen LogP contribution in [-0.2, 0) is 47.3 Å². The third-order valence-electron chi connectivity index (χ3n) is 6.95. The van der Waals surface area contributed by atoms with E-state index in [2.05, 4.69) is 9.44 Å². The number of Topliss-reactive ketones (excluding diaryl/α,β-unsaturated/α-hetero) is 3. The molecule has 4 aromatic rings. The molecule has 240 valence electrons. The van der Waals surface area contributed by atoms with Gasteiger partial charge in [0.15, 0.2) is 28.1 Å². The zero-order valence-corrected chi connectivity index (χ0v) is 27.3. The van der Waals surface area contributed by atoms with Crippen molar-refractivity contribution in [1.29, 1.82) is 0 Å². The number of ketones is 3. The van der Waals surface area contributed by atoms with Crippen molar-refractivity contribution in [3.05, 3.63) is 132 Å². The van der Waals surface area contributed by atoms with Crippen molar-refractivity contribution in [3.8, 4) is 0 Å². The Bertz CT molecular complexity index is 1730. The Hall–Kier alpha value is -3.71. The predicted molar refractivity (Wildman–Crippen MR) is 176 cm³/mol. The lowest BCUT2D eigenvalue weighted by molar-refractivity contribution is -0.130. The minimum Gasteiger partial charge on any atom is -0.296 e. The molecule has 4 aromatic carbocycles. The minimum absolute atomic E-state index is 0.113. The first-order valence-electron chi connectivity index (χ1n) is 14.0. The third-order valence-corrected chi connectivity index (χ3v) is 10.8. The Morgan fingerprint density at radius 2 is 0.761 bits per heavy atom. The van der Waals surface area contributed by atoms with E-state index >= 15 is 0 Å². The van der Waals surface area contributed by atoms with Crippen molar-refractivity contribution < 1.29 is 31.2 Å². The van der Waals surface area contributed by atoms with E-state index in [1.54, 1.807) is 72.8 Å². The maximum absolute atomic E-state index is 13.6. The highest BCUT2D eigenvalue weighted by molar-refractivity contribution is 7.89. The molecule has 46 heavy (non-hydrogen) atoms. The van der Waals surface area contributed by atoms with Gasteiger partial charge in [-0.25, -0.2) is 26.3 Å². The van der Waals surface area contributed by atoms with Crippen LogP contribution in [0.1, 0.15) is 11.1 Å². The first kappa shape index (κ1) is 35.1. The molecule has 0 saturated carbocycles. The van der Waals surface area contributed by atoms with E-state index in [1.807, 2.05) is 0 Å². The molecule has 0 aliphatic rings. The normalized spacial score (nSPS) is 14.5. The summed E-state index contributed by atoms with van der Waals surface area (Å²) in [6.07, 6.45) is -0.312. The minimum atomic E-state index is -4.23. The third kappa shape index (κ3) is 9.18. The van der Waals surface area contributed by atoms with Gasteiger partial charge in [0.2, 0.25) is 20.0 Å². The summed E-state index contributed by atoms with van der Waals surface area (Å²) < 4.78 is 57.3. The second-order valence-electron chi connectivity index (χ2n) is 10.3. The molecule has 4 atom stereocenters. The zero-order chi connectivity index (χ0) is 33.3. The number of benzene rings is 4. The summed E-state index contributed by atoms with van der Waals surface area (Å²) in [6.45, 7) is 0. The van der Waals surface area contributed by atoms with Crippen LogP contribution in [-0.4, -0.2) is 57.0 Å². The summed E-state index contributed by atoms with van der Waals surface area (Å²) in [4.78, 5) is 40.5. The van der Waals surface area contributed by atoms with Gasteiger partial charge in [-0.1, -0.05) is 97.1 Å². The van der Waals surface area contributed by atoms with E-state index in [-0.39, 0.29) is 22.6 Å². The van der Waals surface area contributed by atoms with Crippen LogP contribution in [0.4, 0.5) is 0 Å². The molecule has 4 rings (SSSR count). The summed E-state index contributed by atoms with van der Waals surface area (Å²) in [7, 11) is -8.47. The smallest absolute Gasteiger partial charge is 0.241 e. The maximum atomic E-state index is 13.6. The number of hydrogen-bond donors (Lipinski definition) is 2. The molecule has 0 bridgehead atoms. The Balaban J connectivity index is 1.59. The van der Waals surface area contributed by atoms with Crippen LogP contribution in [0.15, 0.2) is 131 Å². The highest BCUT2D eigenvalue weighted by atomic mass is 35.5. The van der Waals surface area contributed by atoms with Gasteiger partial charge in [0.25, 0.3) is 0 Å². The lowest BCUT2D eigenvalue weighted by Gasteiger charge is -2.23. The van der Waals surface area contributed by atoms with Gasteiger partial charge in [0.1, 0.15) is 0 Å². The van der Waals surface area contributed by atoms with Crippen molar-refractivity contribution in [3.63, 3.8) is 0 Å². The summed E-state index contributed by atoms with van der Waals surface area (Å²) in [5.74, 6) is -3.27. The van der Waals surface area contributed by atoms with Crippen molar-refractivity contribution >= 4 is 60.6 Å². The lowest BCUT2D eigenvalue weighted by atomic mass is 9.95. The van der Waals surface area contributed by atoms with E-state index in [4.69, 9.17) is 23.2 Å². The second kappa shape index (κ2) is 15.7. The van der Waals surface area contributed by atoms with Gasteiger partial charge in [-0.2, -0.15) is 0 Å². The average Bonchev–Trinajstić information content (AvgIpc) is 3.07. The van der Waals surface area contributed by atoms with Gasteiger partial charge in [-0.05, 0) is 48.2 Å². The monoisotopic (exact) mass is 700 g/mol. The fourth-order valence-electron chi connectivity index (χ4n) is 4.57. The molecular weight excluding hydrogens is 671 g/mol. The Morgan fingerprint density at radius 1 is 0.478 bits per heavy atom. The van der Waals surface area contributed by atoms with E-state index in [0.29, 0.717) is 11.1 Å². The molecule has 2 unspecified atom stereocenters. The van der Waals surface area contributed by atoms with Crippen LogP contribution in [0, 0.1) is 0 Å². The van der Waals surface area contributed by atoms with Crippen LogP contribution in [0.5, 0.6) is 0 Å². The molecule has 0 fully saturated rings. The Morgan fingerprint density at radius 3 is 1.07 bits per heavy atom. The van der Waals surface area contributed by atoms with Crippen molar-refractivity contribution in [2.75, 3.05) is 0 Å². The maximum Gasteiger partial charge on any atom is 0.241 e. The number of carbonyl (C=O) groups excluding carboxylic acids is 3. The van der Waals surface area contributed by atoms with Crippen LogP contribution in [0.25, 0.3) is 0 Å². The van der Waals surface area contributed by atoms with Crippen LogP contribution in [0.3, 0.4) is 0 Å². The molecule has 0 amide bonds. The number of nitrogens with one attached hydrogen (secondary N) is 2. The summed E-state index contributed by atoms with van der Waals surface area (Å²) in [6, 6.07) is 28.6. The number of alkyl halides is 2. The molecule has 0 heterocycles. The molecule has 0 spiro atoms. The van der Waals surface area contributed by atoms with Crippen molar-refractivity contribution in [2.24, 2.45) is 0 Å². The molecule has 9 nitrogen and oxygen atoms in total. The molecule has 2 N–H and O–H groups in total. The largest absolute Gasteiger partial charge is 0.296 e. The van der Waals surface area contributed by atoms with Gasteiger partial charge in [-0.15, -0.1) is 23.2 Å². The highest BCUT2D eigenvalue weighted by Crippen LogP contribution is 2.19. The molecule has 0 radical (unpaired) electrons. The standard InChI is InChI=1S/C33H30Cl2N2O7S2/c34-29(31(38)27(21-23-13-5-1-6-14-23)36-45(41,42)25-17-9-3-10-18-25)33(40)30(35)32(39)28(22-24-15-7-2-8-16-24)37-46(43,44)26-19-11-4-12-20-26/h1-20,27-30,36-37H,21-22H2/t27-,28-,29?,30?/m0/s1. The number of hydrogen-bond acceptors (Lipinski definition) is 7. The number of halogens is 2. The van der Waals surface area contributed by atoms with Gasteiger partial charge < -0.3 is 0 Å². The highest BCUT2D eigenvalue weighted by Gasteiger charge is 2.41. The fraction of sp³-hybridized carbons (Fsp3) is 0.182. The average molecular weight is 702 g/mol. The molecule has 0 aliphatic carbocycles. The first-order valence-corrected chi connectivity index (χ1v) is 17.8. The van der Waals surface area contributed by atoms with Crippen molar-refractivity contribution in [1.82, 2.24) is 9.44 Å². The van der Waals surface area contributed by atoms with Gasteiger partial charge in [0, 0.05) is 0 Å². The molecule has 0 aromatic heterocycles. The predicted octanol–water partition coefficient (Wildman–Crippen LogP) is 4.09. The number of rotatable bonds is 16. The van der Waals surface area contributed by atoms with E-state index in [0.717, 1.165) is 0 Å². The summed E-state index contributed by atoms with van der Waals surface area (Å²) >= 11 is 12.7. The van der Waals surface area contributed by atoms with Gasteiger partial charge >= 0.3 is 0 Å². The Kier molecular flexibility index (Phi) is 12.0. The second-order valence-corrected chi connectivity index (χ2v) is 14.6. The lowest BCUT2D eigenvalue weighted by Crippen LogP contribution is -2.52. The Labute approximate surface area is 278 Å². The molecule has 13 heteroatoms. The van der Waals surface area contributed by atoms with E-state index < -0.39 is 60.2 Å². The topological polar surface area (TPSA) is 144 Å². The SMILES string of the molecule is O=C(C(Cl)C(=O)[C@H](Cc1ccccc1)NS(=O)(=O)c1ccccc1)C(Cl)C(=O)[C@H](Cc1ccccc1)NS(=O)(=O)c1ccccc1. The van der Waals surface area contributed by atoms with Crippen LogP contribution in [0.2, 0.25) is 0 Å².